The van der Waals surface area contributed by atoms with Crippen LogP contribution in [0.15, 0.2) is 59.3 Å². The Morgan fingerprint density at radius 2 is 1.82 bits per heavy atom. The molecule has 1 amide bonds. The zero-order valence-electron chi connectivity index (χ0n) is 20.3. The predicted molar refractivity (Wildman–Crippen MR) is 154 cm³/mol. The monoisotopic (exact) mass is 573 g/mol. The van der Waals surface area contributed by atoms with Crippen LogP contribution in [0.3, 0.4) is 0 Å². The van der Waals surface area contributed by atoms with Gasteiger partial charge in [-0.1, -0.05) is 35.3 Å². The lowest BCUT2D eigenvalue weighted by Gasteiger charge is -2.35. The van der Waals surface area contributed by atoms with Crippen LogP contribution >= 0.6 is 35.1 Å². The average molecular weight is 574 g/mol. The fraction of sp³-hybridized carbons (Fsp3) is 0.208. The molecular weight excluding hydrogens is 549 g/mol. The molecule has 38 heavy (non-hydrogen) atoms. The normalized spacial score (nSPS) is 13.8. The van der Waals surface area contributed by atoms with E-state index in [2.05, 4.69) is 19.7 Å². The smallest absolute Gasteiger partial charge is 0.257 e. The zero-order chi connectivity index (χ0) is 27.2. The number of aromatic hydroxyl groups is 1. The van der Waals surface area contributed by atoms with Gasteiger partial charge >= 0.3 is 0 Å². The number of benzene rings is 2. The van der Waals surface area contributed by atoms with Crippen LogP contribution in [0, 0.1) is 5.41 Å². The number of phenolic OH excluding ortho intramolecular Hbond substituents is 1. The van der Waals surface area contributed by atoms with Crippen LogP contribution in [-0.4, -0.2) is 70.0 Å². The third-order valence-electron chi connectivity index (χ3n) is 5.75. The first-order chi connectivity index (χ1) is 18.3. The SMILES string of the molecule is CS/N=C(\C(=N)Nc1cccc(Cl)c1Cl)N(N)c1cccc(C(=O)N2CCN(c3ncccn3)CC2)c1O. The van der Waals surface area contributed by atoms with E-state index in [1.165, 1.54) is 12.1 Å². The van der Waals surface area contributed by atoms with Gasteiger partial charge in [0, 0.05) is 44.8 Å². The molecule has 0 saturated carbocycles. The molecule has 0 bridgehead atoms. The van der Waals surface area contributed by atoms with Crippen molar-refractivity contribution in [1.29, 1.82) is 5.41 Å². The van der Waals surface area contributed by atoms with E-state index in [0.717, 1.165) is 17.0 Å². The maximum absolute atomic E-state index is 13.3. The van der Waals surface area contributed by atoms with Crippen molar-refractivity contribution in [2.24, 2.45) is 10.2 Å². The van der Waals surface area contributed by atoms with Gasteiger partial charge in [0.2, 0.25) is 5.95 Å². The number of aromatic nitrogens is 2. The van der Waals surface area contributed by atoms with Gasteiger partial charge in [-0.2, -0.15) is 4.40 Å². The minimum absolute atomic E-state index is 0.00934. The molecule has 1 saturated heterocycles. The van der Waals surface area contributed by atoms with Gasteiger partial charge in [0.1, 0.15) is 5.69 Å². The van der Waals surface area contributed by atoms with Crippen LogP contribution in [-0.2, 0) is 0 Å². The maximum atomic E-state index is 13.3. The van der Waals surface area contributed by atoms with E-state index in [4.69, 9.17) is 34.5 Å². The molecule has 4 rings (SSSR count). The topological polar surface area (TPSA) is 147 Å². The van der Waals surface area contributed by atoms with Gasteiger partial charge in [0.25, 0.3) is 5.91 Å². The second-order valence-electron chi connectivity index (χ2n) is 8.07. The minimum atomic E-state index is -0.339. The summed E-state index contributed by atoms with van der Waals surface area (Å²) in [5.41, 5.74) is 0.575. The van der Waals surface area contributed by atoms with Crippen LogP contribution in [0.4, 0.5) is 17.3 Å². The van der Waals surface area contributed by atoms with Crippen molar-refractivity contribution in [3.63, 3.8) is 0 Å². The molecule has 11 nitrogen and oxygen atoms in total. The quantitative estimate of drug-likeness (QED) is 0.117. The van der Waals surface area contributed by atoms with Crippen molar-refractivity contribution in [2.75, 3.05) is 47.7 Å². The van der Waals surface area contributed by atoms with Gasteiger partial charge in [-0.3, -0.25) is 15.2 Å². The van der Waals surface area contributed by atoms with E-state index in [-0.39, 0.29) is 39.6 Å². The number of nitrogens with one attached hydrogen (secondary N) is 2. The highest BCUT2D eigenvalue weighted by molar-refractivity contribution is 7.97. The van der Waals surface area contributed by atoms with Crippen LogP contribution in [0.25, 0.3) is 0 Å². The molecule has 2 aromatic carbocycles. The number of hydrogen-bond donors (Lipinski definition) is 4. The first-order valence-corrected chi connectivity index (χ1v) is 13.3. The number of amidine groups is 2. The molecule has 0 spiro atoms. The van der Waals surface area contributed by atoms with E-state index in [1.54, 1.807) is 53.9 Å². The largest absolute Gasteiger partial charge is 0.505 e. The van der Waals surface area contributed by atoms with E-state index < -0.39 is 0 Å². The molecule has 2 heterocycles. The van der Waals surface area contributed by atoms with E-state index in [1.807, 2.05) is 4.90 Å². The van der Waals surface area contributed by atoms with Crippen molar-refractivity contribution >= 4 is 70.1 Å². The first-order valence-electron chi connectivity index (χ1n) is 11.4. The summed E-state index contributed by atoms with van der Waals surface area (Å²) < 4.78 is 4.24. The van der Waals surface area contributed by atoms with Crippen LogP contribution < -0.4 is 21.1 Å². The van der Waals surface area contributed by atoms with Crippen molar-refractivity contribution in [1.82, 2.24) is 14.9 Å². The fourth-order valence-corrected chi connectivity index (χ4v) is 4.53. The number of hydrazine groups is 1. The molecule has 14 heteroatoms. The molecule has 5 N–H and O–H groups in total. The Morgan fingerprint density at radius 1 is 1.13 bits per heavy atom. The number of anilines is 3. The predicted octanol–water partition coefficient (Wildman–Crippen LogP) is 3.90. The number of phenols is 1. The number of rotatable bonds is 5. The maximum Gasteiger partial charge on any atom is 0.257 e. The second-order valence-corrected chi connectivity index (χ2v) is 9.40. The van der Waals surface area contributed by atoms with Gasteiger partial charge in [0.15, 0.2) is 17.4 Å². The van der Waals surface area contributed by atoms with E-state index in [0.29, 0.717) is 42.8 Å². The summed E-state index contributed by atoms with van der Waals surface area (Å²) in [5, 5.41) is 24.1. The summed E-state index contributed by atoms with van der Waals surface area (Å²) in [6, 6.07) is 11.4. The van der Waals surface area contributed by atoms with Crippen LogP contribution in [0.2, 0.25) is 10.0 Å². The highest BCUT2D eigenvalue weighted by Gasteiger charge is 2.28. The van der Waals surface area contributed by atoms with Crippen molar-refractivity contribution in [3.8, 4) is 5.75 Å². The van der Waals surface area contributed by atoms with Crippen molar-refractivity contribution in [2.45, 2.75) is 0 Å². The number of nitrogens with two attached hydrogens (primary N) is 1. The molecule has 0 aliphatic carbocycles. The number of nitrogens with zero attached hydrogens (tertiary/aromatic N) is 6. The number of piperazine rings is 1. The Morgan fingerprint density at radius 3 is 2.50 bits per heavy atom. The first kappa shape index (κ1) is 27.5. The highest BCUT2D eigenvalue weighted by Crippen LogP contribution is 2.32. The summed E-state index contributed by atoms with van der Waals surface area (Å²) in [5.74, 6) is 6.07. The lowest BCUT2D eigenvalue weighted by molar-refractivity contribution is 0.0743. The van der Waals surface area contributed by atoms with Crippen LogP contribution in [0.5, 0.6) is 5.75 Å². The van der Waals surface area contributed by atoms with Gasteiger partial charge in [-0.25, -0.2) is 15.8 Å². The summed E-state index contributed by atoms with van der Waals surface area (Å²) in [7, 11) is 0. The molecule has 1 aliphatic rings. The summed E-state index contributed by atoms with van der Waals surface area (Å²) >= 11 is 13.4. The van der Waals surface area contributed by atoms with Gasteiger partial charge in [0.05, 0.1) is 21.3 Å². The molecule has 198 valence electrons. The Bertz CT molecular complexity index is 1350. The van der Waals surface area contributed by atoms with Gasteiger partial charge in [-0.05, 0) is 42.3 Å². The van der Waals surface area contributed by atoms with Crippen molar-refractivity contribution in [3.05, 3.63) is 70.5 Å². The van der Waals surface area contributed by atoms with E-state index in [9.17, 15) is 9.90 Å². The molecule has 0 atom stereocenters. The Balaban J connectivity index is 1.51. The summed E-state index contributed by atoms with van der Waals surface area (Å²) in [6.07, 6.45) is 5.05. The number of carbonyl (C=O) groups excluding carboxylic acids is 1. The molecular formula is C24H25Cl2N9O2S. The Kier molecular flexibility index (Phi) is 8.89. The molecule has 0 unspecified atom stereocenters. The number of halogens is 2. The minimum Gasteiger partial charge on any atom is -0.505 e. The summed E-state index contributed by atoms with van der Waals surface area (Å²) in [6.45, 7) is 1.97. The number of para-hydroxylation sites is 1. The second kappa shape index (κ2) is 12.3. The lowest BCUT2D eigenvalue weighted by Crippen LogP contribution is -2.49. The zero-order valence-corrected chi connectivity index (χ0v) is 22.6. The highest BCUT2D eigenvalue weighted by atomic mass is 35.5. The fourth-order valence-electron chi connectivity index (χ4n) is 3.83. The third kappa shape index (κ3) is 5.94. The van der Waals surface area contributed by atoms with Gasteiger partial charge in [-0.15, -0.1) is 0 Å². The standard InChI is InChI=1S/C24H25Cl2N9O2S/c1-38-32-22(21(27)31-17-7-3-6-16(25)19(17)26)35(28)18-8-2-5-15(20(18)36)23(37)33-11-13-34(14-12-33)24-29-9-4-10-30-24/h2-10,36H,11-14,28H2,1H3,(H2,27,31)/b32-22+. The Hall–Kier alpha value is -3.58. The number of carbonyl (C=O) groups is 1. The number of amides is 1. The molecule has 1 aromatic heterocycles. The third-order valence-corrected chi connectivity index (χ3v) is 6.92. The van der Waals surface area contributed by atoms with Gasteiger partial charge < -0.3 is 20.2 Å². The molecule has 3 aromatic rings. The Labute approximate surface area is 233 Å². The lowest BCUT2D eigenvalue weighted by atomic mass is 10.1. The summed E-state index contributed by atoms with van der Waals surface area (Å²) in [4.78, 5) is 25.5. The molecule has 1 aliphatic heterocycles. The van der Waals surface area contributed by atoms with Crippen molar-refractivity contribution < 1.29 is 9.90 Å². The van der Waals surface area contributed by atoms with E-state index >= 15 is 0 Å². The molecule has 1 fully saturated rings. The number of hydrogen-bond acceptors (Lipinski definition) is 9. The molecule has 0 radical (unpaired) electrons. The van der Waals surface area contributed by atoms with Crippen LogP contribution in [0.1, 0.15) is 10.4 Å². The average Bonchev–Trinajstić information content (AvgIpc) is 2.94.